The van der Waals surface area contributed by atoms with Gasteiger partial charge in [-0.3, -0.25) is 0 Å². The maximum Gasteiger partial charge on any atom is 0.374 e. The predicted molar refractivity (Wildman–Crippen MR) is 32.9 cm³/mol. The molecule has 0 unspecified atom stereocenters. The first-order chi connectivity index (χ1) is 5.62. The molecule has 0 aromatic carbocycles. The first kappa shape index (κ1) is 12.5. The number of alkyl halides is 6. The van der Waals surface area contributed by atoms with E-state index in [-0.39, 0.29) is 0 Å². The van der Waals surface area contributed by atoms with Gasteiger partial charge in [0.2, 0.25) is 0 Å². The minimum Gasteiger partial charge on any atom is -0.325 e. The van der Waals surface area contributed by atoms with E-state index >= 15 is 0 Å². The molecule has 0 rings (SSSR count). The molecule has 0 heterocycles. The Kier molecular flexibility index (Phi) is 3.21. The molecular weight excluding hydrogens is 202 g/mol. The molecule has 2 nitrogen and oxygen atoms in total. The molecule has 0 aromatic rings. The van der Waals surface area contributed by atoms with Crippen LogP contribution in [0.5, 0.6) is 0 Å². The molecule has 0 fully saturated rings. The summed E-state index contributed by atoms with van der Waals surface area (Å²) in [6.45, 7) is -3.73. The minimum absolute atomic E-state index is 1.87. The molecule has 8 heteroatoms. The maximum absolute atomic E-state index is 12.3. The van der Waals surface area contributed by atoms with Gasteiger partial charge in [0.25, 0.3) is 0 Å². The summed E-state index contributed by atoms with van der Waals surface area (Å²) in [5.41, 5.74) is 8.48. The second-order valence-corrected chi connectivity index (χ2v) is 2.39. The van der Waals surface area contributed by atoms with E-state index in [2.05, 4.69) is 11.5 Å². The van der Waals surface area contributed by atoms with Crippen LogP contribution in [0.1, 0.15) is 0 Å². The van der Waals surface area contributed by atoms with Crippen molar-refractivity contribution in [3.05, 3.63) is 0 Å². The maximum atomic E-state index is 12.3. The summed E-state index contributed by atoms with van der Waals surface area (Å²) in [7, 11) is 0. The Hall–Kier alpha value is -0.500. The molecule has 0 aliphatic rings. The van der Waals surface area contributed by atoms with Crippen LogP contribution in [-0.2, 0) is 0 Å². The third-order valence-electron chi connectivity index (χ3n) is 1.43. The molecule has 0 amide bonds. The van der Waals surface area contributed by atoms with Crippen molar-refractivity contribution in [1.29, 1.82) is 0 Å². The Morgan fingerprint density at radius 3 is 1.08 bits per heavy atom. The van der Waals surface area contributed by atoms with Gasteiger partial charge in [0.1, 0.15) is 0 Å². The van der Waals surface area contributed by atoms with Crippen molar-refractivity contribution >= 4 is 0 Å². The van der Waals surface area contributed by atoms with E-state index in [9.17, 15) is 26.3 Å². The summed E-state index contributed by atoms with van der Waals surface area (Å²) in [4.78, 5) is 0. The molecule has 0 aliphatic carbocycles. The van der Waals surface area contributed by atoms with Crippen LogP contribution in [0.15, 0.2) is 0 Å². The van der Waals surface area contributed by atoms with Crippen LogP contribution in [0, 0.1) is 0 Å². The third-order valence-corrected chi connectivity index (χ3v) is 1.43. The minimum atomic E-state index is -5.52. The lowest BCUT2D eigenvalue weighted by molar-refractivity contribution is -0.301. The van der Waals surface area contributed by atoms with Crippen LogP contribution in [0.25, 0.3) is 0 Å². The van der Waals surface area contributed by atoms with Crippen molar-refractivity contribution in [2.75, 3.05) is 13.1 Å². The number of halogens is 6. The molecule has 0 spiro atoms. The normalized spacial score (nSPS) is 14.8. The highest BCUT2D eigenvalue weighted by molar-refractivity contribution is 4.97. The highest BCUT2D eigenvalue weighted by Gasteiger charge is 2.70. The van der Waals surface area contributed by atoms with E-state index < -0.39 is 30.9 Å². The van der Waals surface area contributed by atoms with Gasteiger partial charge in [-0.25, -0.2) is 0 Å². The van der Waals surface area contributed by atoms with E-state index in [1.807, 2.05) is 0 Å². The smallest absolute Gasteiger partial charge is 0.325 e. The summed E-state index contributed by atoms with van der Waals surface area (Å²) in [5.74, 6) is -15.4. The van der Waals surface area contributed by atoms with Crippen LogP contribution < -0.4 is 11.5 Å². The van der Waals surface area contributed by atoms with E-state index in [4.69, 9.17) is 0 Å². The zero-order chi connectivity index (χ0) is 10.9. The van der Waals surface area contributed by atoms with Gasteiger partial charge in [-0.15, -0.1) is 0 Å². The topological polar surface area (TPSA) is 52.0 Å². The second-order valence-electron chi connectivity index (χ2n) is 2.39. The molecule has 4 N–H and O–H groups in total. The van der Waals surface area contributed by atoms with Gasteiger partial charge in [-0.2, -0.15) is 26.3 Å². The SMILES string of the molecule is NCC(F)(F)C(F)(F)C(F)(F)CN. The molecular formula is C5H8F6N2. The highest BCUT2D eigenvalue weighted by Crippen LogP contribution is 2.44. The first-order valence-electron chi connectivity index (χ1n) is 3.16. The van der Waals surface area contributed by atoms with E-state index in [1.54, 1.807) is 0 Å². The van der Waals surface area contributed by atoms with Crippen molar-refractivity contribution in [2.24, 2.45) is 11.5 Å². The molecule has 0 atom stereocenters. The Balaban J connectivity index is 4.95. The molecule has 0 aliphatic heterocycles. The van der Waals surface area contributed by atoms with E-state index in [0.29, 0.717) is 0 Å². The Labute approximate surface area is 69.9 Å². The lowest BCUT2D eigenvalue weighted by Crippen LogP contribution is -2.59. The lowest BCUT2D eigenvalue weighted by Gasteiger charge is -2.31. The van der Waals surface area contributed by atoms with Gasteiger partial charge in [0, 0.05) is 0 Å². The summed E-state index contributed by atoms with van der Waals surface area (Å²) in [6, 6.07) is 0. The number of hydrogen-bond acceptors (Lipinski definition) is 2. The lowest BCUT2D eigenvalue weighted by atomic mass is 10.1. The summed E-state index contributed by atoms with van der Waals surface area (Å²) in [5, 5.41) is 0. The predicted octanol–water partition coefficient (Wildman–Crippen LogP) is 0.810. The average Bonchev–Trinajstić information content (AvgIpc) is 2.03. The summed E-state index contributed by atoms with van der Waals surface area (Å²) >= 11 is 0. The Morgan fingerprint density at radius 2 is 0.923 bits per heavy atom. The van der Waals surface area contributed by atoms with Gasteiger partial charge >= 0.3 is 17.8 Å². The molecule has 0 saturated heterocycles. The molecule has 80 valence electrons. The highest BCUT2D eigenvalue weighted by atomic mass is 19.3. The van der Waals surface area contributed by atoms with Gasteiger partial charge < -0.3 is 11.5 Å². The zero-order valence-electron chi connectivity index (χ0n) is 6.34. The second kappa shape index (κ2) is 3.33. The molecule has 0 aromatic heterocycles. The van der Waals surface area contributed by atoms with Crippen LogP contribution >= 0.6 is 0 Å². The largest absolute Gasteiger partial charge is 0.374 e. The molecule has 13 heavy (non-hydrogen) atoms. The van der Waals surface area contributed by atoms with Crippen LogP contribution in [-0.4, -0.2) is 30.9 Å². The van der Waals surface area contributed by atoms with Crippen molar-refractivity contribution < 1.29 is 26.3 Å². The fourth-order valence-electron chi connectivity index (χ4n) is 0.524. The number of hydrogen-bond donors (Lipinski definition) is 2. The van der Waals surface area contributed by atoms with Crippen LogP contribution in [0.4, 0.5) is 26.3 Å². The van der Waals surface area contributed by atoms with Gasteiger partial charge in [-0.05, 0) is 0 Å². The molecule has 0 saturated carbocycles. The van der Waals surface area contributed by atoms with Crippen molar-refractivity contribution in [3.63, 3.8) is 0 Å². The van der Waals surface area contributed by atoms with Gasteiger partial charge in [0.15, 0.2) is 0 Å². The van der Waals surface area contributed by atoms with Crippen molar-refractivity contribution in [1.82, 2.24) is 0 Å². The third kappa shape index (κ3) is 1.88. The van der Waals surface area contributed by atoms with Crippen LogP contribution in [0.3, 0.4) is 0 Å². The molecule has 0 radical (unpaired) electrons. The average molecular weight is 210 g/mol. The Morgan fingerprint density at radius 1 is 0.692 bits per heavy atom. The fraction of sp³-hybridized carbons (Fsp3) is 1.00. The number of nitrogens with two attached hydrogens (primary N) is 2. The fourth-order valence-corrected chi connectivity index (χ4v) is 0.524. The van der Waals surface area contributed by atoms with Gasteiger partial charge in [-0.1, -0.05) is 0 Å². The standard InChI is InChI=1S/C5H8F6N2/c6-3(7,1-12)5(10,11)4(8,9)2-13/h1-2,12-13H2. The quantitative estimate of drug-likeness (QED) is 0.674. The number of rotatable bonds is 4. The van der Waals surface area contributed by atoms with E-state index in [0.717, 1.165) is 0 Å². The summed E-state index contributed by atoms with van der Waals surface area (Å²) in [6.07, 6.45) is 0. The monoisotopic (exact) mass is 210 g/mol. The van der Waals surface area contributed by atoms with E-state index in [1.165, 1.54) is 0 Å². The van der Waals surface area contributed by atoms with Crippen molar-refractivity contribution in [2.45, 2.75) is 17.8 Å². The molecule has 0 bridgehead atoms. The zero-order valence-corrected chi connectivity index (χ0v) is 6.34. The van der Waals surface area contributed by atoms with Gasteiger partial charge in [0.05, 0.1) is 13.1 Å². The van der Waals surface area contributed by atoms with Crippen LogP contribution in [0.2, 0.25) is 0 Å². The van der Waals surface area contributed by atoms with Crippen molar-refractivity contribution in [3.8, 4) is 0 Å². The summed E-state index contributed by atoms with van der Waals surface area (Å²) < 4.78 is 73.5. The Bertz CT molecular complexity index is 162. The first-order valence-corrected chi connectivity index (χ1v) is 3.16.